The van der Waals surface area contributed by atoms with Gasteiger partial charge in [-0.2, -0.15) is 0 Å². The number of halogens is 2. The number of nitrogens with zero attached hydrogens (tertiary/aromatic N) is 1. The average molecular weight is 345 g/mol. The maximum absolute atomic E-state index is 13.4. The molecule has 6 heteroatoms. The molecular weight excluding hydrogens is 324 g/mol. The number of carbonyl (C=O) groups is 1. The Kier molecular flexibility index (Phi) is 4.07. The average Bonchev–Trinajstić information content (AvgIpc) is 3.11. The number of rotatable bonds is 3. The fraction of sp³-hybridized carbons (Fsp3) is 0.421. The Morgan fingerprint density at radius 3 is 2.60 bits per heavy atom. The van der Waals surface area contributed by atoms with Crippen LogP contribution in [0.1, 0.15) is 30.3 Å². The predicted octanol–water partition coefficient (Wildman–Crippen LogP) is 3.17. The van der Waals surface area contributed by atoms with Crippen molar-refractivity contribution >= 4 is 5.91 Å². The molecule has 1 aromatic heterocycles. The number of nitrogens with one attached hydrogen (secondary N) is 2. The Morgan fingerprint density at radius 1 is 1.16 bits per heavy atom. The lowest BCUT2D eigenvalue weighted by atomic mass is 9.79. The van der Waals surface area contributed by atoms with Gasteiger partial charge >= 0.3 is 0 Å². The molecule has 3 fully saturated rings. The van der Waals surface area contributed by atoms with E-state index < -0.39 is 11.6 Å². The van der Waals surface area contributed by atoms with E-state index in [9.17, 15) is 13.6 Å². The highest BCUT2D eigenvalue weighted by Gasteiger charge is 2.40. The zero-order valence-electron chi connectivity index (χ0n) is 14.1. The molecule has 5 rings (SSSR count). The number of H-pyrrole nitrogens is 1. The van der Waals surface area contributed by atoms with E-state index in [0.717, 1.165) is 38.1 Å². The summed E-state index contributed by atoms with van der Waals surface area (Å²) in [4.78, 5) is 18.0. The topological polar surface area (TPSA) is 48.1 Å². The smallest absolute Gasteiger partial charge is 0.267 e. The maximum atomic E-state index is 13.4. The molecule has 25 heavy (non-hydrogen) atoms. The van der Waals surface area contributed by atoms with Crippen molar-refractivity contribution in [2.45, 2.75) is 31.8 Å². The number of hydrogen-bond donors (Lipinski definition) is 2. The Balaban J connectivity index is 1.50. The first-order valence-corrected chi connectivity index (χ1v) is 8.72. The first-order valence-electron chi connectivity index (χ1n) is 8.72. The summed E-state index contributed by atoms with van der Waals surface area (Å²) < 4.78 is 26.5. The van der Waals surface area contributed by atoms with Crippen LogP contribution in [0.2, 0.25) is 0 Å². The summed E-state index contributed by atoms with van der Waals surface area (Å²) in [5.74, 6) is -1.41. The molecule has 4 heterocycles. The van der Waals surface area contributed by atoms with Gasteiger partial charge in [-0.05, 0) is 69.1 Å². The van der Waals surface area contributed by atoms with Gasteiger partial charge in [-0.3, -0.25) is 9.69 Å². The first-order chi connectivity index (χ1) is 12.0. The third kappa shape index (κ3) is 2.95. The Bertz CT molecular complexity index is 794. The number of aromatic amines is 1. The molecule has 132 valence electrons. The van der Waals surface area contributed by atoms with E-state index >= 15 is 0 Å². The second-order valence-corrected chi connectivity index (χ2v) is 7.03. The van der Waals surface area contributed by atoms with Crippen LogP contribution in [0.3, 0.4) is 0 Å². The van der Waals surface area contributed by atoms with E-state index in [1.165, 1.54) is 6.07 Å². The molecule has 2 bridgehead atoms. The SMILES string of the molecule is C[C@H]1[C@H](NC(=O)c2ccc(-c3ccc(F)c(F)c3)[nH]2)C2CCN1CC2. The van der Waals surface area contributed by atoms with Crippen molar-refractivity contribution in [3.63, 3.8) is 0 Å². The molecule has 4 nitrogen and oxygen atoms in total. The lowest BCUT2D eigenvalue weighted by molar-refractivity contribution is 0.0216. The van der Waals surface area contributed by atoms with Crippen LogP contribution < -0.4 is 5.32 Å². The highest BCUT2D eigenvalue weighted by molar-refractivity contribution is 5.93. The van der Waals surface area contributed by atoms with Gasteiger partial charge in [0.2, 0.25) is 0 Å². The molecule has 3 aliphatic rings. The fourth-order valence-corrected chi connectivity index (χ4v) is 4.13. The second kappa shape index (κ2) is 6.26. The molecule has 2 aromatic rings. The van der Waals surface area contributed by atoms with Crippen LogP contribution in [-0.2, 0) is 0 Å². The standard InChI is InChI=1S/C19H21F2N3O/c1-11-18(12-6-8-24(11)9-7-12)23-19(25)17-5-4-16(22-17)13-2-3-14(20)15(21)10-13/h2-5,10-12,18,22H,6-9H2,1H3,(H,23,25)/t11-,18-/m0/s1. The van der Waals surface area contributed by atoms with E-state index in [1.807, 2.05) is 0 Å². The van der Waals surface area contributed by atoms with Crippen molar-refractivity contribution in [3.8, 4) is 11.3 Å². The molecule has 2 atom stereocenters. The molecular formula is C19H21F2N3O. The molecule has 0 radical (unpaired) electrons. The van der Waals surface area contributed by atoms with Crippen LogP contribution in [0.4, 0.5) is 8.78 Å². The van der Waals surface area contributed by atoms with Crippen molar-refractivity contribution in [3.05, 3.63) is 47.7 Å². The highest BCUT2D eigenvalue weighted by Crippen LogP contribution is 2.32. The highest BCUT2D eigenvalue weighted by atomic mass is 19.2. The Morgan fingerprint density at radius 2 is 1.92 bits per heavy atom. The molecule has 1 aromatic carbocycles. The summed E-state index contributed by atoms with van der Waals surface area (Å²) in [5, 5.41) is 3.16. The summed E-state index contributed by atoms with van der Waals surface area (Å²) in [7, 11) is 0. The number of hydrogen-bond acceptors (Lipinski definition) is 2. The van der Waals surface area contributed by atoms with Crippen LogP contribution in [0, 0.1) is 17.6 Å². The number of aromatic nitrogens is 1. The van der Waals surface area contributed by atoms with Crippen molar-refractivity contribution in [1.82, 2.24) is 15.2 Å². The summed E-state index contributed by atoms with van der Waals surface area (Å²) in [6, 6.07) is 7.58. The first kappa shape index (κ1) is 16.3. The van der Waals surface area contributed by atoms with Gasteiger partial charge in [0.25, 0.3) is 5.91 Å². The molecule has 0 unspecified atom stereocenters. The van der Waals surface area contributed by atoms with E-state index in [1.54, 1.807) is 12.1 Å². The summed E-state index contributed by atoms with van der Waals surface area (Å²) in [6.07, 6.45) is 2.25. The van der Waals surface area contributed by atoms with E-state index in [4.69, 9.17) is 0 Å². The Labute approximate surface area is 145 Å². The van der Waals surface area contributed by atoms with E-state index in [2.05, 4.69) is 22.1 Å². The minimum Gasteiger partial charge on any atom is -0.351 e. The van der Waals surface area contributed by atoms with Crippen LogP contribution in [0.15, 0.2) is 30.3 Å². The number of amides is 1. The van der Waals surface area contributed by atoms with Crippen LogP contribution in [0.5, 0.6) is 0 Å². The van der Waals surface area contributed by atoms with Crippen molar-refractivity contribution in [1.29, 1.82) is 0 Å². The monoisotopic (exact) mass is 345 g/mol. The molecule has 0 spiro atoms. The van der Waals surface area contributed by atoms with Gasteiger partial charge < -0.3 is 10.3 Å². The molecule has 3 aliphatic heterocycles. The van der Waals surface area contributed by atoms with Crippen LogP contribution >= 0.6 is 0 Å². The van der Waals surface area contributed by atoms with Gasteiger partial charge in [0, 0.05) is 23.3 Å². The zero-order chi connectivity index (χ0) is 17.6. The normalized spacial score (nSPS) is 28.1. The van der Waals surface area contributed by atoms with Crippen LogP contribution in [0.25, 0.3) is 11.3 Å². The third-order valence-corrected chi connectivity index (χ3v) is 5.64. The van der Waals surface area contributed by atoms with Crippen molar-refractivity contribution < 1.29 is 13.6 Å². The summed E-state index contributed by atoms with van der Waals surface area (Å²) >= 11 is 0. The van der Waals surface area contributed by atoms with Gasteiger partial charge in [0.05, 0.1) is 0 Å². The molecule has 3 saturated heterocycles. The Hall–Kier alpha value is -2.21. The quantitative estimate of drug-likeness (QED) is 0.898. The van der Waals surface area contributed by atoms with Gasteiger partial charge in [-0.25, -0.2) is 8.78 Å². The number of fused-ring (bicyclic) bond motifs is 3. The molecule has 2 N–H and O–H groups in total. The lowest BCUT2D eigenvalue weighted by Crippen LogP contribution is -2.62. The van der Waals surface area contributed by atoms with Crippen molar-refractivity contribution in [2.24, 2.45) is 5.92 Å². The van der Waals surface area contributed by atoms with Gasteiger partial charge in [-0.15, -0.1) is 0 Å². The zero-order valence-corrected chi connectivity index (χ0v) is 14.1. The van der Waals surface area contributed by atoms with Gasteiger partial charge in [-0.1, -0.05) is 0 Å². The molecule has 0 saturated carbocycles. The van der Waals surface area contributed by atoms with Crippen LogP contribution in [-0.4, -0.2) is 41.0 Å². The number of benzene rings is 1. The largest absolute Gasteiger partial charge is 0.351 e. The van der Waals surface area contributed by atoms with Gasteiger partial charge in [0.15, 0.2) is 11.6 Å². The fourth-order valence-electron chi connectivity index (χ4n) is 4.13. The summed E-state index contributed by atoms with van der Waals surface area (Å²) in [5.41, 5.74) is 1.53. The lowest BCUT2D eigenvalue weighted by Gasteiger charge is -2.49. The van der Waals surface area contributed by atoms with Gasteiger partial charge in [0.1, 0.15) is 5.69 Å². The minimum atomic E-state index is -0.904. The van der Waals surface area contributed by atoms with E-state index in [0.29, 0.717) is 28.9 Å². The predicted molar refractivity (Wildman–Crippen MR) is 91.2 cm³/mol. The molecule has 1 amide bonds. The number of piperidine rings is 3. The number of carbonyl (C=O) groups excluding carboxylic acids is 1. The summed E-state index contributed by atoms with van der Waals surface area (Å²) in [6.45, 7) is 4.39. The minimum absolute atomic E-state index is 0.153. The molecule has 0 aliphatic carbocycles. The van der Waals surface area contributed by atoms with Crippen molar-refractivity contribution in [2.75, 3.05) is 13.1 Å². The maximum Gasteiger partial charge on any atom is 0.267 e. The van der Waals surface area contributed by atoms with E-state index in [-0.39, 0.29) is 11.9 Å². The third-order valence-electron chi connectivity index (χ3n) is 5.64. The second-order valence-electron chi connectivity index (χ2n) is 7.03.